The van der Waals surface area contributed by atoms with Gasteiger partial charge in [0.15, 0.2) is 0 Å². The maximum absolute atomic E-state index is 14.0. The highest BCUT2D eigenvalue weighted by molar-refractivity contribution is 5.41. The van der Waals surface area contributed by atoms with E-state index in [9.17, 15) is 4.39 Å². The van der Waals surface area contributed by atoms with Crippen molar-refractivity contribution >= 4 is 0 Å². The highest BCUT2D eigenvalue weighted by Gasteiger charge is 2.15. The summed E-state index contributed by atoms with van der Waals surface area (Å²) in [6, 6.07) is 14.0. The van der Waals surface area contributed by atoms with Crippen molar-refractivity contribution in [1.82, 2.24) is 5.32 Å². The lowest BCUT2D eigenvalue weighted by molar-refractivity contribution is 0.452. The largest absolute Gasteiger partial charge is 0.457 e. The third kappa shape index (κ3) is 3.59. The second-order valence-corrected chi connectivity index (χ2v) is 4.74. The molecule has 2 aromatic rings. The molecule has 0 aromatic heterocycles. The van der Waals surface area contributed by atoms with Crippen molar-refractivity contribution in [3.8, 4) is 17.6 Å². The fourth-order valence-corrected chi connectivity index (χ4v) is 2.06. The van der Waals surface area contributed by atoms with Gasteiger partial charge < -0.3 is 10.1 Å². The normalized spacial score (nSPS) is 11.7. The third-order valence-corrected chi connectivity index (χ3v) is 3.31. The number of nitrogens with zero attached hydrogens (tertiary/aromatic N) is 1. The molecule has 2 rings (SSSR count). The Hall–Kier alpha value is -2.38. The van der Waals surface area contributed by atoms with E-state index in [1.165, 1.54) is 6.07 Å². The van der Waals surface area contributed by atoms with E-state index in [2.05, 4.69) is 11.4 Å². The van der Waals surface area contributed by atoms with Crippen LogP contribution < -0.4 is 10.1 Å². The molecule has 0 aliphatic heterocycles. The Morgan fingerprint density at radius 3 is 2.57 bits per heavy atom. The lowest BCUT2D eigenvalue weighted by Crippen LogP contribution is -2.14. The van der Waals surface area contributed by atoms with Gasteiger partial charge in [-0.05, 0) is 43.8 Å². The molecule has 0 aliphatic carbocycles. The van der Waals surface area contributed by atoms with Gasteiger partial charge in [-0.1, -0.05) is 18.2 Å². The smallest absolute Gasteiger partial charge is 0.135 e. The second-order valence-electron chi connectivity index (χ2n) is 4.74. The Bertz CT molecular complexity index is 647. The molecule has 0 saturated heterocycles. The van der Waals surface area contributed by atoms with E-state index < -0.39 is 0 Å². The number of halogens is 1. The van der Waals surface area contributed by atoms with Crippen molar-refractivity contribution < 1.29 is 9.13 Å². The maximum atomic E-state index is 14.0. The number of hydrogen-bond acceptors (Lipinski definition) is 3. The third-order valence-electron chi connectivity index (χ3n) is 3.31. The van der Waals surface area contributed by atoms with Crippen molar-refractivity contribution in [1.29, 1.82) is 5.26 Å². The van der Waals surface area contributed by atoms with Crippen LogP contribution in [0.3, 0.4) is 0 Å². The first-order chi connectivity index (χ1) is 10.2. The lowest BCUT2D eigenvalue weighted by Gasteiger charge is -2.17. The molecular formula is C17H17FN2O. The van der Waals surface area contributed by atoms with Crippen LogP contribution in [0.25, 0.3) is 0 Å². The van der Waals surface area contributed by atoms with E-state index in [1.807, 2.05) is 19.1 Å². The minimum absolute atomic E-state index is 0.154. The molecule has 0 aliphatic rings. The molecule has 1 N–H and O–H groups in total. The first-order valence-corrected chi connectivity index (χ1v) is 6.75. The summed E-state index contributed by atoms with van der Waals surface area (Å²) in [4.78, 5) is 0. The first-order valence-electron chi connectivity index (χ1n) is 6.75. The number of nitriles is 1. The van der Waals surface area contributed by atoms with Crippen molar-refractivity contribution in [2.75, 3.05) is 7.05 Å². The Kier molecular flexibility index (Phi) is 4.91. The van der Waals surface area contributed by atoms with Crippen LogP contribution >= 0.6 is 0 Å². The van der Waals surface area contributed by atoms with Gasteiger partial charge in [0, 0.05) is 11.6 Å². The van der Waals surface area contributed by atoms with E-state index >= 15 is 0 Å². The fraction of sp³-hybridized carbons (Fsp3) is 0.235. The van der Waals surface area contributed by atoms with Gasteiger partial charge in [-0.25, -0.2) is 4.39 Å². The van der Waals surface area contributed by atoms with Crippen LogP contribution in [0.1, 0.15) is 24.1 Å². The van der Waals surface area contributed by atoms with E-state index in [0.717, 1.165) is 5.56 Å². The number of ether oxygens (including phenoxy) is 1. The van der Waals surface area contributed by atoms with Crippen LogP contribution in [-0.4, -0.2) is 7.05 Å². The molecule has 0 bridgehead atoms. The fourth-order valence-electron chi connectivity index (χ4n) is 2.06. The molecule has 0 saturated carbocycles. The highest BCUT2D eigenvalue weighted by Crippen LogP contribution is 2.31. The molecule has 1 atom stereocenters. The van der Waals surface area contributed by atoms with Crippen molar-refractivity contribution in [3.05, 3.63) is 59.4 Å². The van der Waals surface area contributed by atoms with Crippen LogP contribution in [0.5, 0.6) is 11.5 Å². The summed E-state index contributed by atoms with van der Waals surface area (Å²) in [7, 11) is 1.78. The summed E-state index contributed by atoms with van der Waals surface area (Å²) in [6.45, 7) is 1.88. The van der Waals surface area contributed by atoms with Crippen LogP contribution in [0.4, 0.5) is 4.39 Å². The van der Waals surface area contributed by atoms with Gasteiger partial charge in [0.05, 0.1) is 12.5 Å². The minimum atomic E-state index is -0.296. The van der Waals surface area contributed by atoms with E-state index in [-0.39, 0.29) is 11.9 Å². The van der Waals surface area contributed by atoms with E-state index in [0.29, 0.717) is 23.5 Å². The molecule has 0 radical (unpaired) electrons. The van der Waals surface area contributed by atoms with Crippen LogP contribution in [0.15, 0.2) is 42.5 Å². The Balaban J connectivity index is 2.27. The van der Waals surface area contributed by atoms with E-state index in [1.54, 1.807) is 31.3 Å². The van der Waals surface area contributed by atoms with Gasteiger partial charge >= 0.3 is 0 Å². The summed E-state index contributed by atoms with van der Waals surface area (Å²) in [5, 5.41) is 11.7. The molecule has 0 amide bonds. The zero-order valence-corrected chi connectivity index (χ0v) is 12.1. The predicted octanol–water partition coefficient (Wildman–Crippen LogP) is 3.96. The average Bonchev–Trinajstić information content (AvgIpc) is 2.49. The predicted molar refractivity (Wildman–Crippen MR) is 79.7 cm³/mol. The molecule has 3 nitrogen and oxygen atoms in total. The minimum Gasteiger partial charge on any atom is -0.457 e. The number of rotatable bonds is 5. The molecule has 21 heavy (non-hydrogen) atoms. The molecule has 108 valence electrons. The first kappa shape index (κ1) is 15.0. The standard InChI is InChI=1S/C17H17FN2O/c1-12(20-2)17-15(18)4-3-5-16(17)21-14-8-6-13(7-9-14)10-11-19/h3-9,12,20H,10H2,1-2H3. The Labute approximate surface area is 124 Å². The zero-order valence-electron chi connectivity index (χ0n) is 12.1. The van der Waals surface area contributed by atoms with Gasteiger partial charge in [-0.15, -0.1) is 0 Å². The van der Waals surface area contributed by atoms with Crippen LogP contribution in [0, 0.1) is 17.1 Å². The van der Waals surface area contributed by atoms with Crippen molar-refractivity contribution in [2.24, 2.45) is 0 Å². The topological polar surface area (TPSA) is 45.0 Å². The average molecular weight is 284 g/mol. The Morgan fingerprint density at radius 1 is 1.24 bits per heavy atom. The summed E-state index contributed by atoms with van der Waals surface area (Å²) in [6.07, 6.45) is 0.363. The maximum Gasteiger partial charge on any atom is 0.135 e. The van der Waals surface area contributed by atoms with Gasteiger partial charge in [-0.2, -0.15) is 5.26 Å². The van der Waals surface area contributed by atoms with Gasteiger partial charge in [0.2, 0.25) is 0 Å². The Morgan fingerprint density at radius 2 is 1.95 bits per heavy atom. The van der Waals surface area contributed by atoms with Gasteiger partial charge in [0.1, 0.15) is 17.3 Å². The second kappa shape index (κ2) is 6.87. The van der Waals surface area contributed by atoms with Crippen molar-refractivity contribution in [2.45, 2.75) is 19.4 Å². The molecule has 2 aromatic carbocycles. The highest BCUT2D eigenvalue weighted by atomic mass is 19.1. The van der Waals surface area contributed by atoms with Gasteiger partial charge in [0.25, 0.3) is 0 Å². The monoisotopic (exact) mass is 284 g/mol. The summed E-state index contributed by atoms with van der Waals surface area (Å²) < 4.78 is 19.8. The van der Waals surface area contributed by atoms with E-state index in [4.69, 9.17) is 10.00 Å². The summed E-state index contributed by atoms with van der Waals surface area (Å²) in [5.41, 5.74) is 1.43. The summed E-state index contributed by atoms with van der Waals surface area (Å²) >= 11 is 0. The molecule has 1 unspecified atom stereocenters. The molecular weight excluding hydrogens is 267 g/mol. The molecule has 0 fully saturated rings. The van der Waals surface area contributed by atoms with Crippen molar-refractivity contribution in [3.63, 3.8) is 0 Å². The molecule has 0 heterocycles. The van der Waals surface area contributed by atoms with Crippen LogP contribution in [0.2, 0.25) is 0 Å². The zero-order chi connectivity index (χ0) is 15.2. The number of nitrogens with one attached hydrogen (secondary N) is 1. The molecule has 0 spiro atoms. The summed E-state index contributed by atoms with van der Waals surface area (Å²) in [5.74, 6) is 0.812. The number of benzene rings is 2. The van der Waals surface area contributed by atoms with Crippen LogP contribution in [-0.2, 0) is 6.42 Å². The number of hydrogen-bond donors (Lipinski definition) is 1. The lowest BCUT2D eigenvalue weighted by atomic mass is 10.1. The molecule has 4 heteroatoms. The SMILES string of the molecule is CNC(C)c1c(F)cccc1Oc1ccc(CC#N)cc1. The van der Waals surface area contributed by atoms with Gasteiger partial charge in [-0.3, -0.25) is 0 Å². The quantitative estimate of drug-likeness (QED) is 0.903.